The third-order valence-corrected chi connectivity index (χ3v) is 6.46. The van der Waals surface area contributed by atoms with E-state index in [1.807, 2.05) is 30.3 Å². The smallest absolute Gasteiger partial charge is 0.243 e. The van der Waals surface area contributed by atoms with Crippen LogP contribution in [0.4, 0.5) is 5.69 Å². The normalized spacial score (nSPS) is 12.1. The van der Waals surface area contributed by atoms with Crippen LogP contribution in [0.5, 0.6) is 11.5 Å². The van der Waals surface area contributed by atoms with Crippen molar-refractivity contribution in [3.05, 3.63) is 83.4 Å². The highest BCUT2D eigenvalue weighted by molar-refractivity contribution is 7.89. The minimum Gasteiger partial charge on any atom is -0.495 e. The maximum Gasteiger partial charge on any atom is 0.243 e. The number of carbonyl (C=O) groups is 1. The second-order valence-corrected chi connectivity index (χ2v) is 8.97. The van der Waals surface area contributed by atoms with Crippen molar-refractivity contribution in [1.82, 2.24) is 4.72 Å². The van der Waals surface area contributed by atoms with Crippen LogP contribution < -0.4 is 19.5 Å². The van der Waals surface area contributed by atoms with Gasteiger partial charge in [-0.2, -0.15) is 4.72 Å². The summed E-state index contributed by atoms with van der Waals surface area (Å²) < 4.78 is 38.8. The van der Waals surface area contributed by atoms with Crippen molar-refractivity contribution >= 4 is 33.2 Å². The van der Waals surface area contributed by atoms with E-state index in [2.05, 4.69) is 10.0 Å². The summed E-state index contributed by atoms with van der Waals surface area (Å²) in [5, 5.41) is 3.04. The molecule has 0 saturated heterocycles. The lowest BCUT2D eigenvalue weighted by Crippen LogP contribution is -2.45. The summed E-state index contributed by atoms with van der Waals surface area (Å²) in [5.41, 5.74) is 1.10. The number of carbonyl (C=O) groups excluding carboxylic acids is 1. The van der Waals surface area contributed by atoms with E-state index in [9.17, 15) is 13.2 Å². The van der Waals surface area contributed by atoms with Gasteiger partial charge in [0.15, 0.2) is 0 Å². The van der Waals surface area contributed by atoms with Crippen molar-refractivity contribution < 1.29 is 22.7 Å². The summed E-state index contributed by atoms with van der Waals surface area (Å²) in [6.07, 6.45) is 0.145. The molecular formula is C23H23ClN2O5S. The molecule has 0 aliphatic rings. The molecule has 0 heterocycles. The van der Waals surface area contributed by atoms with Gasteiger partial charge in [0.2, 0.25) is 15.9 Å². The quantitative estimate of drug-likeness (QED) is 0.490. The Balaban J connectivity index is 1.92. The van der Waals surface area contributed by atoms with Gasteiger partial charge in [0.1, 0.15) is 17.5 Å². The number of ether oxygens (including phenoxy) is 2. The van der Waals surface area contributed by atoms with Crippen molar-refractivity contribution in [2.45, 2.75) is 17.4 Å². The summed E-state index contributed by atoms with van der Waals surface area (Å²) >= 11 is 6.13. The van der Waals surface area contributed by atoms with Gasteiger partial charge in [-0.1, -0.05) is 60.1 Å². The first-order valence-electron chi connectivity index (χ1n) is 9.67. The Kier molecular flexibility index (Phi) is 7.74. The van der Waals surface area contributed by atoms with Crippen LogP contribution in [-0.4, -0.2) is 34.6 Å². The topological polar surface area (TPSA) is 93.7 Å². The van der Waals surface area contributed by atoms with Gasteiger partial charge < -0.3 is 14.8 Å². The van der Waals surface area contributed by atoms with E-state index in [-0.39, 0.29) is 11.3 Å². The molecule has 0 bridgehead atoms. The minimum atomic E-state index is -3.94. The van der Waals surface area contributed by atoms with Gasteiger partial charge in [-0.15, -0.1) is 0 Å². The molecule has 0 aliphatic carbocycles. The second-order valence-electron chi connectivity index (χ2n) is 6.85. The zero-order valence-corrected chi connectivity index (χ0v) is 19.1. The van der Waals surface area contributed by atoms with E-state index < -0.39 is 22.0 Å². The first-order valence-corrected chi connectivity index (χ1v) is 11.5. The number of hydrogen-bond acceptors (Lipinski definition) is 5. The molecule has 2 N–H and O–H groups in total. The predicted molar refractivity (Wildman–Crippen MR) is 124 cm³/mol. The van der Waals surface area contributed by atoms with E-state index in [0.29, 0.717) is 22.2 Å². The Labute approximate surface area is 192 Å². The Bertz CT molecular complexity index is 1170. The first kappa shape index (κ1) is 23.6. The summed E-state index contributed by atoms with van der Waals surface area (Å²) in [4.78, 5) is 13.3. The lowest BCUT2D eigenvalue weighted by Gasteiger charge is -2.20. The van der Waals surface area contributed by atoms with E-state index in [1.54, 1.807) is 18.2 Å². The molecule has 3 rings (SSSR count). The third-order valence-electron chi connectivity index (χ3n) is 4.68. The number of halogens is 1. The average Bonchev–Trinajstić information content (AvgIpc) is 2.80. The molecule has 1 amide bonds. The number of rotatable bonds is 9. The van der Waals surface area contributed by atoms with Crippen LogP contribution in [0.3, 0.4) is 0 Å². The number of sulfonamides is 1. The standard InChI is InChI=1S/C23H23ClN2O5S/c1-30-21-15-19(22(31-2)14-18(21)24)25-23(27)20(13-16-9-5-3-6-10-16)26-32(28,29)17-11-7-4-8-12-17/h3-12,14-15,20,26H,13H2,1-2H3,(H,25,27)/t20-/m0/s1. The molecule has 0 radical (unpaired) electrons. The summed E-state index contributed by atoms with van der Waals surface area (Å²) in [6, 6.07) is 19.0. The van der Waals surface area contributed by atoms with Crippen LogP contribution in [0.25, 0.3) is 0 Å². The van der Waals surface area contributed by atoms with E-state index in [4.69, 9.17) is 21.1 Å². The fourth-order valence-corrected chi connectivity index (χ4v) is 4.52. The largest absolute Gasteiger partial charge is 0.495 e. The van der Waals surface area contributed by atoms with Gasteiger partial charge in [-0.3, -0.25) is 4.79 Å². The molecule has 3 aromatic carbocycles. The number of methoxy groups -OCH3 is 2. The highest BCUT2D eigenvalue weighted by Gasteiger charge is 2.27. The predicted octanol–water partition coefficient (Wildman–Crippen LogP) is 3.89. The Morgan fingerprint density at radius 3 is 2.12 bits per heavy atom. The molecule has 9 heteroatoms. The lowest BCUT2D eigenvalue weighted by atomic mass is 10.1. The second kappa shape index (κ2) is 10.5. The zero-order chi connectivity index (χ0) is 23.1. The molecule has 1 atom stereocenters. The molecule has 0 fully saturated rings. The summed E-state index contributed by atoms with van der Waals surface area (Å²) in [7, 11) is -1.05. The monoisotopic (exact) mass is 474 g/mol. The van der Waals surface area contributed by atoms with Gasteiger partial charge in [0.25, 0.3) is 0 Å². The zero-order valence-electron chi connectivity index (χ0n) is 17.5. The van der Waals surface area contributed by atoms with Gasteiger partial charge in [0.05, 0.1) is 29.8 Å². The molecular weight excluding hydrogens is 452 g/mol. The molecule has 0 unspecified atom stereocenters. The van der Waals surface area contributed by atoms with Crippen molar-refractivity contribution in [3.63, 3.8) is 0 Å². The van der Waals surface area contributed by atoms with Crippen molar-refractivity contribution in [2.24, 2.45) is 0 Å². The maximum absolute atomic E-state index is 13.2. The number of benzene rings is 3. The van der Waals surface area contributed by atoms with Crippen LogP contribution in [0.15, 0.2) is 77.7 Å². The Morgan fingerprint density at radius 2 is 1.53 bits per heavy atom. The van der Waals surface area contributed by atoms with Crippen LogP contribution in [0.1, 0.15) is 5.56 Å². The fourth-order valence-electron chi connectivity index (χ4n) is 3.07. The molecule has 0 saturated carbocycles. The molecule has 3 aromatic rings. The number of amides is 1. The van der Waals surface area contributed by atoms with E-state index >= 15 is 0 Å². The molecule has 32 heavy (non-hydrogen) atoms. The van der Waals surface area contributed by atoms with Crippen LogP contribution in [0, 0.1) is 0 Å². The van der Waals surface area contributed by atoms with Gasteiger partial charge in [-0.05, 0) is 24.1 Å². The van der Waals surface area contributed by atoms with Crippen LogP contribution in [-0.2, 0) is 21.2 Å². The minimum absolute atomic E-state index is 0.0663. The SMILES string of the molecule is COc1cc(NC(=O)[C@H](Cc2ccccc2)NS(=O)(=O)c2ccccc2)c(OC)cc1Cl. The van der Waals surface area contributed by atoms with E-state index in [0.717, 1.165) is 5.56 Å². The Hall–Kier alpha value is -3.07. The van der Waals surface area contributed by atoms with Crippen molar-refractivity contribution in [2.75, 3.05) is 19.5 Å². The molecule has 168 valence electrons. The van der Waals surface area contributed by atoms with Crippen molar-refractivity contribution in [3.8, 4) is 11.5 Å². The van der Waals surface area contributed by atoms with Crippen molar-refractivity contribution in [1.29, 1.82) is 0 Å². The third kappa shape index (κ3) is 5.79. The van der Waals surface area contributed by atoms with Gasteiger partial charge in [0, 0.05) is 12.1 Å². The average molecular weight is 475 g/mol. The summed E-state index contributed by atoms with van der Waals surface area (Å²) in [5.74, 6) is 0.0943. The highest BCUT2D eigenvalue weighted by atomic mass is 35.5. The number of hydrogen-bond donors (Lipinski definition) is 2. The van der Waals surface area contributed by atoms with Gasteiger partial charge in [-0.25, -0.2) is 8.42 Å². The Morgan fingerprint density at radius 1 is 0.938 bits per heavy atom. The lowest BCUT2D eigenvalue weighted by molar-refractivity contribution is -0.117. The highest BCUT2D eigenvalue weighted by Crippen LogP contribution is 2.36. The molecule has 0 aliphatic heterocycles. The van der Waals surface area contributed by atoms with E-state index in [1.165, 1.54) is 38.5 Å². The number of anilines is 1. The van der Waals surface area contributed by atoms with Crippen LogP contribution in [0.2, 0.25) is 5.02 Å². The maximum atomic E-state index is 13.2. The first-order chi connectivity index (χ1) is 15.3. The molecule has 0 aromatic heterocycles. The summed E-state index contributed by atoms with van der Waals surface area (Å²) in [6.45, 7) is 0. The van der Waals surface area contributed by atoms with Gasteiger partial charge >= 0.3 is 0 Å². The fraction of sp³-hybridized carbons (Fsp3) is 0.174. The number of nitrogens with one attached hydrogen (secondary N) is 2. The molecule has 0 spiro atoms. The molecule has 7 nitrogen and oxygen atoms in total. The van der Waals surface area contributed by atoms with Crippen LogP contribution >= 0.6 is 11.6 Å².